The largest absolute Gasteiger partial charge is 0.507 e. The zero-order chi connectivity index (χ0) is 15.5. The van der Waals surface area contributed by atoms with Gasteiger partial charge in [-0.25, -0.2) is 8.98 Å². The molecule has 1 aliphatic rings. The van der Waals surface area contributed by atoms with Gasteiger partial charge in [0.05, 0.1) is 12.9 Å². The molecule has 0 saturated heterocycles. The molecule has 2 N–H and O–H groups in total. The van der Waals surface area contributed by atoms with E-state index in [1.54, 1.807) is 0 Å². The lowest BCUT2D eigenvalue weighted by Gasteiger charge is -2.09. The van der Waals surface area contributed by atoms with E-state index in [1.807, 2.05) is 0 Å². The number of hydrogen-bond acceptors (Lipinski definition) is 7. The molecule has 7 nitrogen and oxygen atoms in total. The van der Waals surface area contributed by atoms with Gasteiger partial charge in [0.15, 0.2) is 0 Å². The average Bonchev–Trinajstić information content (AvgIpc) is 3.22. The minimum atomic E-state index is -3.53. The standard InChI is InChI=1S/C13H17NO6S/c1-19-13(16)11-6-10(4-5-12(11)15)14-8-20-21(17,18)7-9-2-3-9/h4-6,9,14-15H,2-3,7-8H2,1H3. The fraction of sp³-hybridized carbons (Fsp3) is 0.462. The van der Waals surface area contributed by atoms with Gasteiger partial charge in [0, 0.05) is 5.69 Å². The van der Waals surface area contributed by atoms with Crippen LogP contribution in [0.3, 0.4) is 0 Å². The topological polar surface area (TPSA) is 102 Å². The van der Waals surface area contributed by atoms with Crippen LogP contribution >= 0.6 is 0 Å². The van der Waals surface area contributed by atoms with Crippen LogP contribution in [0.5, 0.6) is 5.75 Å². The van der Waals surface area contributed by atoms with Crippen LogP contribution in [0.2, 0.25) is 0 Å². The number of carbonyl (C=O) groups excluding carboxylic acids is 1. The lowest BCUT2D eigenvalue weighted by Crippen LogP contribution is -2.17. The van der Waals surface area contributed by atoms with Gasteiger partial charge in [-0.15, -0.1) is 0 Å². The van der Waals surface area contributed by atoms with Crippen molar-refractivity contribution in [2.45, 2.75) is 12.8 Å². The minimum absolute atomic E-state index is 0.0108. The van der Waals surface area contributed by atoms with Crippen molar-refractivity contribution in [2.75, 3.05) is 24.9 Å². The predicted octanol–water partition coefficient (Wildman–Crippen LogP) is 1.30. The molecule has 0 heterocycles. The normalized spacial score (nSPS) is 14.7. The molecule has 0 aromatic heterocycles. The summed E-state index contributed by atoms with van der Waals surface area (Å²) >= 11 is 0. The molecule has 0 atom stereocenters. The summed E-state index contributed by atoms with van der Waals surface area (Å²) in [5.41, 5.74) is 0.429. The number of methoxy groups -OCH3 is 1. The van der Waals surface area contributed by atoms with Crippen LogP contribution in [0.15, 0.2) is 18.2 Å². The second-order valence-electron chi connectivity index (χ2n) is 4.83. The van der Waals surface area contributed by atoms with Gasteiger partial charge < -0.3 is 15.2 Å². The Morgan fingerprint density at radius 3 is 2.76 bits per heavy atom. The Balaban J connectivity index is 1.92. The van der Waals surface area contributed by atoms with E-state index < -0.39 is 16.1 Å². The third kappa shape index (κ3) is 4.61. The van der Waals surface area contributed by atoms with E-state index in [0.717, 1.165) is 12.8 Å². The van der Waals surface area contributed by atoms with E-state index in [1.165, 1.54) is 25.3 Å². The number of ether oxygens (including phenoxy) is 1. The summed E-state index contributed by atoms with van der Waals surface area (Å²) in [5, 5.41) is 12.3. The molecule has 21 heavy (non-hydrogen) atoms. The van der Waals surface area contributed by atoms with Crippen molar-refractivity contribution in [2.24, 2.45) is 5.92 Å². The van der Waals surface area contributed by atoms with Gasteiger partial charge in [-0.3, -0.25) is 0 Å². The number of rotatable bonds is 7. The summed E-state index contributed by atoms with van der Waals surface area (Å²) in [6.07, 6.45) is 1.85. The zero-order valence-corrected chi connectivity index (χ0v) is 12.4. The van der Waals surface area contributed by atoms with E-state index >= 15 is 0 Å². The van der Waals surface area contributed by atoms with E-state index in [4.69, 9.17) is 4.18 Å². The molecule has 8 heteroatoms. The monoisotopic (exact) mass is 315 g/mol. The summed E-state index contributed by atoms with van der Waals surface area (Å²) in [6.45, 7) is -0.236. The molecule has 1 saturated carbocycles. The van der Waals surface area contributed by atoms with Gasteiger partial charge in [0.25, 0.3) is 10.1 Å². The molecule has 0 amide bonds. The van der Waals surface area contributed by atoms with Gasteiger partial charge in [-0.05, 0) is 37.0 Å². The molecule has 2 rings (SSSR count). The number of phenolic OH excluding ortho intramolecular Hbond substituents is 1. The third-order valence-corrected chi connectivity index (χ3v) is 4.41. The first-order chi connectivity index (χ1) is 9.91. The Morgan fingerprint density at radius 2 is 2.14 bits per heavy atom. The number of phenols is 1. The van der Waals surface area contributed by atoms with Crippen molar-refractivity contribution in [1.29, 1.82) is 0 Å². The highest BCUT2D eigenvalue weighted by Gasteiger charge is 2.28. The minimum Gasteiger partial charge on any atom is -0.507 e. The lowest BCUT2D eigenvalue weighted by atomic mass is 10.2. The maximum atomic E-state index is 11.6. The highest BCUT2D eigenvalue weighted by molar-refractivity contribution is 7.86. The molecular weight excluding hydrogens is 298 g/mol. The summed E-state index contributed by atoms with van der Waals surface area (Å²) in [4.78, 5) is 11.4. The van der Waals surface area contributed by atoms with Crippen molar-refractivity contribution in [3.8, 4) is 5.75 Å². The van der Waals surface area contributed by atoms with Gasteiger partial charge in [-0.1, -0.05) is 0 Å². The molecule has 0 aliphatic heterocycles. The van der Waals surface area contributed by atoms with Crippen LogP contribution in [-0.2, 0) is 19.0 Å². The molecule has 1 aromatic rings. The molecule has 0 radical (unpaired) electrons. The van der Waals surface area contributed by atoms with Crippen LogP contribution in [0, 0.1) is 5.92 Å². The lowest BCUT2D eigenvalue weighted by molar-refractivity contribution is 0.0597. The van der Waals surface area contributed by atoms with Crippen LogP contribution in [-0.4, -0.2) is 39.1 Å². The average molecular weight is 315 g/mol. The maximum Gasteiger partial charge on any atom is 0.341 e. The Bertz CT molecular complexity index is 624. The van der Waals surface area contributed by atoms with Crippen molar-refractivity contribution in [1.82, 2.24) is 0 Å². The van der Waals surface area contributed by atoms with Crippen LogP contribution in [0.4, 0.5) is 5.69 Å². The highest BCUT2D eigenvalue weighted by Crippen LogP contribution is 2.30. The quantitative estimate of drug-likeness (QED) is 0.338. The van der Waals surface area contributed by atoms with E-state index in [2.05, 4.69) is 10.1 Å². The van der Waals surface area contributed by atoms with Crippen molar-refractivity contribution >= 4 is 21.8 Å². The van der Waals surface area contributed by atoms with E-state index in [0.29, 0.717) is 5.69 Å². The van der Waals surface area contributed by atoms with E-state index in [-0.39, 0.29) is 29.7 Å². The summed E-state index contributed by atoms with van der Waals surface area (Å²) in [7, 11) is -2.33. The smallest absolute Gasteiger partial charge is 0.341 e. The van der Waals surface area contributed by atoms with Gasteiger partial charge in [-0.2, -0.15) is 8.42 Å². The van der Waals surface area contributed by atoms with Gasteiger partial charge >= 0.3 is 5.97 Å². The number of aromatic hydroxyl groups is 1. The molecule has 1 fully saturated rings. The molecule has 0 unspecified atom stereocenters. The van der Waals surface area contributed by atoms with Crippen molar-refractivity contribution < 1.29 is 27.2 Å². The maximum absolute atomic E-state index is 11.6. The van der Waals surface area contributed by atoms with Crippen LogP contribution < -0.4 is 5.32 Å². The van der Waals surface area contributed by atoms with Crippen molar-refractivity contribution in [3.63, 3.8) is 0 Å². The second kappa shape index (κ2) is 6.31. The summed E-state index contributed by atoms with van der Waals surface area (Å²) in [6, 6.07) is 4.17. The number of carbonyl (C=O) groups is 1. The number of benzene rings is 1. The molecule has 0 spiro atoms. The predicted molar refractivity (Wildman–Crippen MR) is 75.5 cm³/mol. The molecule has 1 aromatic carbocycles. The Morgan fingerprint density at radius 1 is 1.43 bits per heavy atom. The van der Waals surface area contributed by atoms with Crippen LogP contribution in [0.25, 0.3) is 0 Å². The second-order valence-corrected chi connectivity index (χ2v) is 6.51. The Labute approximate surface area is 123 Å². The number of hydrogen-bond donors (Lipinski definition) is 2. The molecule has 116 valence electrons. The fourth-order valence-corrected chi connectivity index (χ4v) is 2.99. The summed E-state index contributed by atoms with van der Waals surface area (Å²) < 4.78 is 32.5. The van der Waals surface area contributed by atoms with Crippen LogP contribution in [0.1, 0.15) is 23.2 Å². The molecular formula is C13H17NO6S. The number of anilines is 1. The SMILES string of the molecule is COC(=O)c1cc(NCOS(=O)(=O)CC2CC2)ccc1O. The first kappa shape index (κ1) is 15.6. The first-order valence-corrected chi connectivity index (χ1v) is 8.01. The summed E-state index contributed by atoms with van der Waals surface area (Å²) in [5.74, 6) is -0.639. The van der Waals surface area contributed by atoms with E-state index in [9.17, 15) is 18.3 Å². The van der Waals surface area contributed by atoms with Gasteiger partial charge in [0.2, 0.25) is 0 Å². The van der Waals surface area contributed by atoms with Gasteiger partial charge in [0.1, 0.15) is 18.0 Å². The third-order valence-electron chi connectivity index (χ3n) is 3.05. The Kier molecular flexibility index (Phi) is 4.69. The van der Waals surface area contributed by atoms with Crippen molar-refractivity contribution in [3.05, 3.63) is 23.8 Å². The fourth-order valence-electron chi connectivity index (χ4n) is 1.74. The Hall–Kier alpha value is -1.80. The molecule has 1 aliphatic carbocycles. The number of nitrogens with one attached hydrogen (secondary N) is 1. The highest BCUT2D eigenvalue weighted by atomic mass is 32.2. The molecule has 0 bridgehead atoms. The number of esters is 1. The zero-order valence-electron chi connectivity index (χ0n) is 11.5. The first-order valence-electron chi connectivity index (χ1n) is 6.43.